The molecule has 6 heteroatoms. The predicted molar refractivity (Wildman–Crippen MR) is 75.5 cm³/mol. The Morgan fingerprint density at radius 1 is 1.33 bits per heavy atom. The molecule has 2 atom stereocenters. The highest BCUT2D eigenvalue weighted by Gasteiger charge is 2.41. The third kappa shape index (κ3) is 2.92. The van der Waals surface area contributed by atoms with Gasteiger partial charge in [-0.05, 0) is 12.8 Å². The molecule has 0 spiro atoms. The number of aliphatic hydroxyl groups excluding tert-OH is 1. The molecular weight excluding hydrogens is 272 g/mol. The lowest BCUT2D eigenvalue weighted by atomic mass is 10.1. The Morgan fingerprint density at radius 2 is 2.10 bits per heavy atom. The molecule has 2 amide bonds. The Labute approximate surface area is 125 Å². The number of hydrogen-bond donors (Lipinski definition) is 1. The molecule has 2 heterocycles. The molecule has 2 aliphatic heterocycles. The van der Waals surface area contributed by atoms with Gasteiger partial charge >= 0.3 is 0 Å². The van der Waals surface area contributed by atoms with Gasteiger partial charge in [0.15, 0.2) is 0 Å². The van der Waals surface area contributed by atoms with Crippen molar-refractivity contribution in [3.05, 3.63) is 0 Å². The van der Waals surface area contributed by atoms with E-state index in [9.17, 15) is 14.7 Å². The van der Waals surface area contributed by atoms with Crippen LogP contribution < -0.4 is 0 Å². The van der Waals surface area contributed by atoms with Gasteiger partial charge in [0.1, 0.15) is 0 Å². The van der Waals surface area contributed by atoms with Crippen molar-refractivity contribution in [3.8, 4) is 0 Å². The highest BCUT2D eigenvalue weighted by molar-refractivity contribution is 5.89. The second-order valence-corrected chi connectivity index (χ2v) is 6.33. The van der Waals surface area contributed by atoms with Gasteiger partial charge in [-0.1, -0.05) is 12.8 Å². The number of amides is 2. The first kappa shape index (κ1) is 14.8. The zero-order chi connectivity index (χ0) is 14.8. The molecule has 1 N–H and O–H groups in total. The van der Waals surface area contributed by atoms with E-state index < -0.39 is 0 Å². The van der Waals surface area contributed by atoms with Crippen LogP contribution in [0.2, 0.25) is 0 Å². The molecule has 118 valence electrons. The van der Waals surface area contributed by atoms with Crippen LogP contribution in [0.3, 0.4) is 0 Å². The smallest absolute Gasteiger partial charge is 0.228 e. The van der Waals surface area contributed by atoms with Crippen molar-refractivity contribution >= 4 is 11.8 Å². The van der Waals surface area contributed by atoms with Crippen LogP contribution in [0.4, 0.5) is 0 Å². The molecule has 3 fully saturated rings. The summed E-state index contributed by atoms with van der Waals surface area (Å²) in [6.45, 7) is 1.87. The number of rotatable bonds is 3. The minimum atomic E-state index is -0.262. The van der Waals surface area contributed by atoms with E-state index >= 15 is 0 Å². The molecular formula is C15H24N2O4. The van der Waals surface area contributed by atoms with Crippen LogP contribution in [0.1, 0.15) is 32.1 Å². The molecule has 6 nitrogen and oxygen atoms in total. The van der Waals surface area contributed by atoms with E-state index in [0.717, 1.165) is 12.8 Å². The lowest BCUT2D eigenvalue weighted by Crippen LogP contribution is -2.52. The third-order valence-electron chi connectivity index (χ3n) is 4.99. The summed E-state index contributed by atoms with van der Waals surface area (Å²) in [7, 11) is 0. The highest BCUT2D eigenvalue weighted by Crippen LogP contribution is 2.30. The van der Waals surface area contributed by atoms with E-state index in [1.54, 1.807) is 4.90 Å². The molecule has 2 unspecified atom stereocenters. The van der Waals surface area contributed by atoms with Crippen molar-refractivity contribution in [2.24, 2.45) is 5.92 Å². The molecule has 1 saturated carbocycles. The molecule has 0 aromatic carbocycles. The minimum absolute atomic E-state index is 0.00574. The maximum atomic E-state index is 12.7. The number of morpholine rings is 1. The Hall–Kier alpha value is -1.14. The van der Waals surface area contributed by atoms with Crippen LogP contribution in [0.25, 0.3) is 0 Å². The lowest BCUT2D eigenvalue weighted by molar-refractivity contribution is -0.145. The van der Waals surface area contributed by atoms with Crippen molar-refractivity contribution in [2.75, 3.05) is 32.9 Å². The molecule has 1 aliphatic carbocycles. The maximum absolute atomic E-state index is 12.7. The van der Waals surface area contributed by atoms with Crippen molar-refractivity contribution in [2.45, 2.75) is 44.2 Å². The highest BCUT2D eigenvalue weighted by atomic mass is 16.5. The van der Waals surface area contributed by atoms with Crippen molar-refractivity contribution < 1.29 is 19.4 Å². The lowest BCUT2D eigenvalue weighted by Gasteiger charge is -2.36. The molecule has 21 heavy (non-hydrogen) atoms. The fraction of sp³-hybridized carbons (Fsp3) is 0.867. The number of aliphatic hydroxyl groups is 1. The van der Waals surface area contributed by atoms with Crippen LogP contribution in [-0.4, -0.2) is 71.7 Å². The first-order valence-electron chi connectivity index (χ1n) is 7.99. The largest absolute Gasteiger partial charge is 0.394 e. The quantitative estimate of drug-likeness (QED) is 0.796. The second-order valence-electron chi connectivity index (χ2n) is 6.33. The zero-order valence-electron chi connectivity index (χ0n) is 12.4. The first-order chi connectivity index (χ1) is 10.2. The number of nitrogens with zero attached hydrogens (tertiary/aromatic N) is 2. The summed E-state index contributed by atoms with van der Waals surface area (Å²) in [5, 5.41) is 9.38. The number of hydrogen-bond acceptors (Lipinski definition) is 4. The molecule has 2 saturated heterocycles. The summed E-state index contributed by atoms with van der Waals surface area (Å²) >= 11 is 0. The average molecular weight is 296 g/mol. The van der Waals surface area contributed by atoms with Crippen LogP contribution in [0.5, 0.6) is 0 Å². The van der Waals surface area contributed by atoms with Gasteiger partial charge in [0, 0.05) is 25.6 Å². The number of carbonyl (C=O) groups is 2. The van der Waals surface area contributed by atoms with Gasteiger partial charge in [-0.15, -0.1) is 0 Å². The van der Waals surface area contributed by atoms with E-state index in [4.69, 9.17) is 4.74 Å². The van der Waals surface area contributed by atoms with E-state index in [2.05, 4.69) is 0 Å². The summed E-state index contributed by atoms with van der Waals surface area (Å²) in [6.07, 6.45) is 4.84. The monoisotopic (exact) mass is 296 g/mol. The van der Waals surface area contributed by atoms with Crippen molar-refractivity contribution in [3.63, 3.8) is 0 Å². The Morgan fingerprint density at radius 3 is 2.81 bits per heavy atom. The fourth-order valence-corrected chi connectivity index (χ4v) is 3.80. The van der Waals surface area contributed by atoms with Gasteiger partial charge in [-0.25, -0.2) is 0 Å². The molecule has 0 radical (unpaired) electrons. The molecule has 0 bridgehead atoms. The van der Waals surface area contributed by atoms with Gasteiger partial charge in [-0.2, -0.15) is 0 Å². The van der Waals surface area contributed by atoms with Crippen LogP contribution in [0.15, 0.2) is 0 Å². The average Bonchev–Trinajstić information content (AvgIpc) is 3.15. The van der Waals surface area contributed by atoms with Crippen LogP contribution >= 0.6 is 0 Å². The summed E-state index contributed by atoms with van der Waals surface area (Å²) in [4.78, 5) is 28.5. The number of carbonyl (C=O) groups excluding carboxylic acids is 2. The Balaban J connectivity index is 1.64. The van der Waals surface area contributed by atoms with Crippen LogP contribution in [0, 0.1) is 5.92 Å². The van der Waals surface area contributed by atoms with Gasteiger partial charge in [0.05, 0.1) is 31.8 Å². The minimum Gasteiger partial charge on any atom is -0.394 e. The second kappa shape index (κ2) is 6.32. The topological polar surface area (TPSA) is 70.1 Å². The maximum Gasteiger partial charge on any atom is 0.228 e. The third-order valence-corrected chi connectivity index (χ3v) is 4.99. The summed E-state index contributed by atoms with van der Waals surface area (Å²) in [5.41, 5.74) is 0. The van der Waals surface area contributed by atoms with Crippen LogP contribution in [-0.2, 0) is 14.3 Å². The summed E-state index contributed by atoms with van der Waals surface area (Å²) < 4.78 is 5.31. The van der Waals surface area contributed by atoms with E-state index in [0.29, 0.717) is 38.8 Å². The fourth-order valence-electron chi connectivity index (χ4n) is 3.80. The normalized spacial score (nSPS) is 31.2. The van der Waals surface area contributed by atoms with E-state index in [-0.39, 0.29) is 30.4 Å². The molecule has 3 rings (SSSR count). The van der Waals surface area contributed by atoms with Crippen molar-refractivity contribution in [1.29, 1.82) is 0 Å². The number of likely N-dealkylation sites (tertiary alicyclic amines) is 1. The van der Waals surface area contributed by atoms with Crippen molar-refractivity contribution in [1.82, 2.24) is 9.80 Å². The predicted octanol–water partition coefficient (Wildman–Crippen LogP) is -0.00280. The van der Waals surface area contributed by atoms with Gasteiger partial charge in [0.25, 0.3) is 0 Å². The standard InChI is InChI=1S/C15H24N2O4/c18-9-13-10-21-6-5-16(13)15(20)11-7-14(19)17(8-11)12-3-1-2-4-12/h11-13,18H,1-10H2. The zero-order valence-corrected chi connectivity index (χ0v) is 12.4. The number of ether oxygens (including phenoxy) is 1. The summed E-state index contributed by atoms with van der Waals surface area (Å²) in [5.74, 6) is -0.120. The van der Waals surface area contributed by atoms with Gasteiger partial charge in [0.2, 0.25) is 11.8 Å². The molecule has 0 aromatic heterocycles. The Bertz CT molecular complexity index is 408. The molecule has 0 aromatic rings. The van der Waals surface area contributed by atoms with E-state index in [1.807, 2.05) is 4.90 Å². The first-order valence-corrected chi connectivity index (χ1v) is 7.99. The molecule has 3 aliphatic rings. The Kier molecular flexibility index (Phi) is 4.45. The van der Waals surface area contributed by atoms with Gasteiger partial charge in [-0.3, -0.25) is 9.59 Å². The van der Waals surface area contributed by atoms with E-state index in [1.165, 1.54) is 12.8 Å². The van der Waals surface area contributed by atoms with Gasteiger partial charge < -0.3 is 19.6 Å². The summed E-state index contributed by atoms with van der Waals surface area (Å²) in [6, 6.07) is 0.0792. The SMILES string of the molecule is O=C1CC(C(=O)N2CCOCC2CO)CN1C1CCCC1.